The Morgan fingerprint density at radius 1 is 1.29 bits per heavy atom. The molecule has 17 heavy (non-hydrogen) atoms. The van der Waals surface area contributed by atoms with Gasteiger partial charge in [-0.3, -0.25) is 0 Å². The molecule has 0 aliphatic carbocycles. The van der Waals surface area contributed by atoms with Crippen LogP contribution in [0.25, 0.3) is 0 Å². The second-order valence-electron chi connectivity index (χ2n) is 3.32. The molecule has 2 aromatic rings. The maximum Gasteiger partial charge on any atom is 0.176 e. The molecule has 0 fully saturated rings. The van der Waals surface area contributed by atoms with Gasteiger partial charge in [0, 0.05) is 13.0 Å². The van der Waals surface area contributed by atoms with Crippen molar-refractivity contribution in [1.82, 2.24) is 14.3 Å². The Morgan fingerprint density at radius 2 is 2.18 bits per heavy atom. The summed E-state index contributed by atoms with van der Waals surface area (Å²) in [7, 11) is 0. The highest BCUT2D eigenvalue weighted by atomic mass is 32.2. The van der Waals surface area contributed by atoms with E-state index in [1.165, 1.54) is 11.5 Å². The van der Waals surface area contributed by atoms with E-state index in [0.29, 0.717) is 0 Å². The van der Waals surface area contributed by atoms with Crippen molar-refractivity contribution in [2.45, 2.75) is 29.6 Å². The summed E-state index contributed by atoms with van der Waals surface area (Å²) >= 11 is 2.99. The molecule has 0 aliphatic heterocycles. The van der Waals surface area contributed by atoms with Crippen LogP contribution in [-0.2, 0) is 6.42 Å². The van der Waals surface area contributed by atoms with Gasteiger partial charge >= 0.3 is 0 Å². The highest BCUT2D eigenvalue weighted by Crippen LogP contribution is 2.28. The van der Waals surface area contributed by atoms with Gasteiger partial charge in [0.05, 0.1) is 0 Å². The van der Waals surface area contributed by atoms with Crippen LogP contribution >= 0.6 is 23.3 Å². The smallest absolute Gasteiger partial charge is 0.176 e. The summed E-state index contributed by atoms with van der Waals surface area (Å²) in [5.74, 6) is 1.80. The van der Waals surface area contributed by atoms with Gasteiger partial charge in [0.25, 0.3) is 0 Å². The molecule has 0 radical (unpaired) electrons. The number of pyridine rings is 1. The number of nitrogens with zero attached hydrogens (tertiary/aromatic N) is 3. The summed E-state index contributed by atoms with van der Waals surface area (Å²) < 4.78 is 5.20. The molecule has 0 bridgehead atoms. The standard InChI is InChI=1S/C11H14N4S2/c1-3-8-14-11(17-15-8)16-10-7-5-6-9(13-10)12-4-2/h5-7H,3-4H2,1-2H3,(H,12,13). The van der Waals surface area contributed by atoms with E-state index in [9.17, 15) is 0 Å². The molecule has 0 aliphatic rings. The summed E-state index contributed by atoms with van der Waals surface area (Å²) in [5.41, 5.74) is 0. The number of hydrogen-bond donors (Lipinski definition) is 1. The number of anilines is 1. The van der Waals surface area contributed by atoms with Crippen LogP contribution in [0.2, 0.25) is 0 Å². The number of aryl methyl sites for hydroxylation is 1. The molecule has 6 heteroatoms. The Balaban J connectivity index is 2.09. The van der Waals surface area contributed by atoms with Gasteiger partial charge in [-0.15, -0.1) is 0 Å². The minimum absolute atomic E-state index is 0.875. The summed E-state index contributed by atoms with van der Waals surface area (Å²) in [5, 5.41) is 4.14. The highest BCUT2D eigenvalue weighted by Gasteiger charge is 2.05. The molecular formula is C11H14N4S2. The van der Waals surface area contributed by atoms with Crippen LogP contribution < -0.4 is 5.32 Å². The second kappa shape index (κ2) is 5.97. The monoisotopic (exact) mass is 266 g/mol. The Morgan fingerprint density at radius 3 is 2.88 bits per heavy atom. The minimum atomic E-state index is 0.875. The molecule has 0 amide bonds. The van der Waals surface area contributed by atoms with Crippen molar-refractivity contribution in [3.05, 3.63) is 24.0 Å². The fourth-order valence-electron chi connectivity index (χ4n) is 1.26. The third-order valence-corrected chi connectivity index (χ3v) is 3.76. The van der Waals surface area contributed by atoms with E-state index in [-0.39, 0.29) is 0 Å². The lowest BCUT2D eigenvalue weighted by Gasteiger charge is -2.03. The van der Waals surface area contributed by atoms with Crippen LogP contribution in [0.5, 0.6) is 0 Å². The molecule has 0 saturated carbocycles. The van der Waals surface area contributed by atoms with Crippen molar-refractivity contribution in [3.8, 4) is 0 Å². The maximum absolute atomic E-state index is 4.48. The Hall–Kier alpha value is -1.14. The molecule has 2 aromatic heterocycles. The number of rotatable bonds is 5. The molecule has 0 spiro atoms. The van der Waals surface area contributed by atoms with Crippen molar-refractivity contribution in [3.63, 3.8) is 0 Å². The maximum atomic E-state index is 4.48. The van der Waals surface area contributed by atoms with Crippen molar-refractivity contribution < 1.29 is 0 Å². The molecule has 0 unspecified atom stereocenters. The Bertz CT molecular complexity index is 484. The number of nitrogens with one attached hydrogen (secondary N) is 1. The SMILES string of the molecule is CCNc1cccc(Sc2nc(CC)ns2)n1. The molecule has 0 atom stereocenters. The second-order valence-corrected chi connectivity index (χ2v) is 5.34. The zero-order chi connectivity index (χ0) is 12.1. The van der Waals surface area contributed by atoms with Crippen LogP contribution in [0, 0.1) is 0 Å². The molecule has 4 nitrogen and oxygen atoms in total. The average Bonchev–Trinajstić information content (AvgIpc) is 2.78. The quantitative estimate of drug-likeness (QED) is 0.901. The zero-order valence-corrected chi connectivity index (χ0v) is 11.4. The van der Waals surface area contributed by atoms with Crippen LogP contribution in [-0.4, -0.2) is 20.9 Å². The van der Waals surface area contributed by atoms with E-state index >= 15 is 0 Å². The number of hydrogen-bond acceptors (Lipinski definition) is 6. The largest absolute Gasteiger partial charge is 0.370 e. The summed E-state index contributed by atoms with van der Waals surface area (Å²) in [6.45, 7) is 4.99. The summed E-state index contributed by atoms with van der Waals surface area (Å²) in [6.07, 6.45) is 0.877. The lowest BCUT2D eigenvalue weighted by Crippen LogP contribution is -1.98. The van der Waals surface area contributed by atoms with E-state index in [1.54, 1.807) is 11.8 Å². The normalized spacial score (nSPS) is 10.5. The lowest BCUT2D eigenvalue weighted by atomic mass is 10.4. The lowest BCUT2D eigenvalue weighted by molar-refractivity contribution is 0.970. The fraction of sp³-hybridized carbons (Fsp3) is 0.364. The van der Waals surface area contributed by atoms with Gasteiger partial charge in [-0.2, -0.15) is 4.37 Å². The highest BCUT2D eigenvalue weighted by molar-refractivity contribution is 8.00. The first-order chi connectivity index (χ1) is 8.31. The van der Waals surface area contributed by atoms with E-state index in [1.807, 2.05) is 18.2 Å². The van der Waals surface area contributed by atoms with Crippen LogP contribution in [0.3, 0.4) is 0 Å². The first kappa shape index (κ1) is 12.3. The van der Waals surface area contributed by atoms with Gasteiger partial charge in [0.15, 0.2) is 4.34 Å². The predicted octanol–water partition coefficient (Wildman–Crippen LogP) is 3.08. The first-order valence-corrected chi connectivity index (χ1v) is 7.12. The van der Waals surface area contributed by atoms with Gasteiger partial charge in [-0.1, -0.05) is 13.0 Å². The van der Waals surface area contributed by atoms with Crippen molar-refractivity contribution in [2.75, 3.05) is 11.9 Å². The number of aromatic nitrogens is 3. The minimum Gasteiger partial charge on any atom is -0.370 e. The molecule has 0 saturated heterocycles. The van der Waals surface area contributed by atoms with Crippen molar-refractivity contribution >= 4 is 29.1 Å². The van der Waals surface area contributed by atoms with E-state index in [2.05, 4.69) is 33.5 Å². The van der Waals surface area contributed by atoms with E-state index < -0.39 is 0 Å². The molecule has 90 valence electrons. The Kier molecular flexibility index (Phi) is 4.33. The first-order valence-electron chi connectivity index (χ1n) is 5.53. The third-order valence-electron chi connectivity index (χ3n) is 2.04. The summed E-state index contributed by atoms with van der Waals surface area (Å²) in [4.78, 5) is 8.89. The summed E-state index contributed by atoms with van der Waals surface area (Å²) in [6, 6.07) is 5.94. The molecule has 1 N–H and O–H groups in total. The zero-order valence-electron chi connectivity index (χ0n) is 9.80. The molecule has 0 aromatic carbocycles. The van der Waals surface area contributed by atoms with Gasteiger partial charge in [0.2, 0.25) is 0 Å². The van der Waals surface area contributed by atoms with Crippen molar-refractivity contribution in [1.29, 1.82) is 0 Å². The van der Waals surface area contributed by atoms with E-state index in [4.69, 9.17) is 0 Å². The molecule has 2 heterocycles. The van der Waals surface area contributed by atoms with Crippen molar-refractivity contribution in [2.24, 2.45) is 0 Å². The van der Waals surface area contributed by atoms with Gasteiger partial charge < -0.3 is 5.32 Å². The average molecular weight is 266 g/mol. The van der Waals surface area contributed by atoms with Gasteiger partial charge in [0.1, 0.15) is 16.7 Å². The van der Waals surface area contributed by atoms with E-state index in [0.717, 1.165) is 34.0 Å². The Labute approximate surface area is 109 Å². The van der Waals surface area contributed by atoms with Crippen LogP contribution in [0.1, 0.15) is 19.7 Å². The third kappa shape index (κ3) is 3.41. The topological polar surface area (TPSA) is 50.7 Å². The fourth-order valence-corrected chi connectivity index (χ4v) is 2.90. The van der Waals surface area contributed by atoms with Gasteiger partial charge in [-0.25, -0.2) is 9.97 Å². The van der Waals surface area contributed by atoms with Gasteiger partial charge in [-0.05, 0) is 42.4 Å². The molecule has 2 rings (SSSR count). The molecular weight excluding hydrogens is 252 g/mol. The van der Waals surface area contributed by atoms with Crippen LogP contribution in [0.4, 0.5) is 5.82 Å². The predicted molar refractivity (Wildman–Crippen MR) is 71.8 cm³/mol. The van der Waals surface area contributed by atoms with Crippen LogP contribution in [0.15, 0.2) is 27.6 Å².